The second-order valence-corrected chi connectivity index (χ2v) is 9.00. The summed E-state index contributed by atoms with van der Waals surface area (Å²) in [5, 5.41) is 0.834. The van der Waals surface area contributed by atoms with E-state index in [0.29, 0.717) is 17.5 Å². The molecule has 1 aliphatic carbocycles. The molecule has 5 aromatic rings. The molecule has 6 rings (SSSR count). The Morgan fingerprint density at radius 3 is 1.60 bits per heavy atom. The number of nitrogens with zero attached hydrogens (tertiary/aromatic N) is 3. The first-order chi connectivity index (χ1) is 17.3. The molecule has 0 N–H and O–H groups in total. The van der Waals surface area contributed by atoms with Crippen molar-refractivity contribution in [1.29, 1.82) is 0 Å². The molecule has 0 saturated carbocycles. The van der Waals surface area contributed by atoms with E-state index in [1.165, 1.54) is 11.1 Å². The first kappa shape index (κ1) is 21.5. The second-order valence-electron chi connectivity index (χ2n) is 8.59. The molecule has 1 aromatic heterocycles. The molecule has 3 nitrogen and oxygen atoms in total. The zero-order valence-corrected chi connectivity index (χ0v) is 19.7. The van der Waals surface area contributed by atoms with Gasteiger partial charge in [0.2, 0.25) is 0 Å². The number of hydrogen-bond donors (Lipinski definition) is 0. The van der Waals surface area contributed by atoms with Crippen LogP contribution in [0.25, 0.3) is 39.2 Å². The molecule has 4 heteroatoms. The van der Waals surface area contributed by atoms with Gasteiger partial charge in [0.15, 0.2) is 17.5 Å². The first-order valence-corrected chi connectivity index (χ1v) is 12.1. The van der Waals surface area contributed by atoms with Gasteiger partial charge >= 0.3 is 0 Å². The van der Waals surface area contributed by atoms with Gasteiger partial charge in [-0.05, 0) is 23.1 Å². The lowest BCUT2D eigenvalue weighted by Crippen LogP contribution is -2.07. The highest BCUT2D eigenvalue weighted by Gasteiger charge is 2.22. The molecule has 4 aromatic carbocycles. The smallest absolute Gasteiger partial charge is 0.164 e. The van der Waals surface area contributed by atoms with E-state index in [0.717, 1.165) is 33.7 Å². The number of hydrogen-bond acceptors (Lipinski definition) is 3. The molecular weight excluding hydrogens is 450 g/mol. The first-order valence-electron chi connectivity index (χ1n) is 11.7. The molecule has 0 radical (unpaired) electrons. The summed E-state index contributed by atoms with van der Waals surface area (Å²) < 4.78 is 0. The van der Waals surface area contributed by atoms with Crippen molar-refractivity contribution in [2.45, 2.75) is 12.3 Å². The minimum atomic E-state index is 0.279. The molecule has 168 valence electrons. The zero-order valence-electron chi connectivity index (χ0n) is 19.0. The van der Waals surface area contributed by atoms with Gasteiger partial charge in [0.1, 0.15) is 0 Å². The van der Waals surface area contributed by atoms with Gasteiger partial charge in [-0.2, -0.15) is 0 Å². The van der Waals surface area contributed by atoms with E-state index in [1.54, 1.807) is 0 Å². The van der Waals surface area contributed by atoms with Crippen LogP contribution in [0.15, 0.2) is 115 Å². The fourth-order valence-corrected chi connectivity index (χ4v) is 4.86. The van der Waals surface area contributed by atoms with Crippen molar-refractivity contribution in [2.75, 3.05) is 0 Å². The highest BCUT2D eigenvalue weighted by atomic mass is 35.5. The third-order valence-electron chi connectivity index (χ3n) is 6.40. The van der Waals surface area contributed by atoms with Gasteiger partial charge in [-0.3, -0.25) is 0 Å². The molecule has 35 heavy (non-hydrogen) atoms. The molecule has 0 amide bonds. The van der Waals surface area contributed by atoms with Crippen molar-refractivity contribution in [3.8, 4) is 34.2 Å². The number of benzene rings is 4. The highest BCUT2D eigenvalue weighted by molar-refractivity contribution is 6.49. The molecule has 0 saturated heterocycles. The van der Waals surface area contributed by atoms with E-state index >= 15 is 0 Å². The average Bonchev–Trinajstić information content (AvgIpc) is 2.94. The maximum Gasteiger partial charge on any atom is 0.164 e. The molecule has 0 spiro atoms. The minimum Gasteiger partial charge on any atom is -0.208 e. The number of aromatic nitrogens is 3. The lowest BCUT2D eigenvalue weighted by atomic mass is 9.82. The fourth-order valence-electron chi connectivity index (χ4n) is 4.59. The van der Waals surface area contributed by atoms with E-state index < -0.39 is 0 Å². The summed E-state index contributed by atoms with van der Waals surface area (Å²) in [7, 11) is 0. The average molecular weight is 472 g/mol. The third-order valence-corrected chi connectivity index (χ3v) is 6.75. The molecule has 1 aliphatic rings. The fraction of sp³-hybridized carbons (Fsp3) is 0.0645. The van der Waals surface area contributed by atoms with Crippen molar-refractivity contribution in [3.63, 3.8) is 0 Å². The SMILES string of the molecule is ClC1=CCC(c2ccc(-c3nc(-c4ccccc4)nc(-c4ccccc4)n3)cc2)c2ccccc21. The second kappa shape index (κ2) is 9.28. The highest BCUT2D eigenvalue weighted by Crippen LogP contribution is 2.40. The summed E-state index contributed by atoms with van der Waals surface area (Å²) in [6.45, 7) is 0. The van der Waals surface area contributed by atoms with Gasteiger partial charge in [-0.25, -0.2) is 15.0 Å². The number of rotatable bonds is 4. The van der Waals surface area contributed by atoms with Gasteiger partial charge in [-0.15, -0.1) is 0 Å². The predicted octanol–water partition coefficient (Wildman–Crippen LogP) is 7.99. The quantitative estimate of drug-likeness (QED) is 0.266. The number of halogens is 1. The van der Waals surface area contributed by atoms with Crippen LogP contribution in [-0.4, -0.2) is 15.0 Å². The van der Waals surface area contributed by atoms with Crippen LogP contribution in [-0.2, 0) is 0 Å². The van der Waals surface area contributed by atoms with Gasteiger partial charge in [0.25, 0.3) is 0 Å². The van der Waals surface area contributed by atoms with E-state index in [-0.39, 0.29) is 5.92 Å². The van der Waals surface area contributed by atoms with Crippen LogP contribution in [0.3, 0.4) is 0 Å². The molecule has 1 unspecified atom stereocenters. The lowest BCUT2D eigenvalue weighted by molar-refractivity contribution is 0.818. The maximum atomic E-state index is 6.47. The summed E-state index contributed by atoms with van der Waals surface area (Å²) >= 11 is 6.47. The van der Waals surface area contributed by atoms with Crippen molar-refractivity contribution in [1.82, 2.24) is 15.0 Å². The molecule has 0 bridgehead atoms. The summed E-state index contributed by atoms with van der Waals surface area (Å²) in [6.07, 6.45) is 3.00. The monoisotopic (exact) mass is 471 g/mol. The molecular formula is C31H22ClN3. The van der Waals surface area contributed by atoms with E-state index in [4.69, 9.17) is 26.6 Å². The number of allylic oxidation sites excluding steroid dienone is 1. The van der Waals surface area contributed by atoms with E-state index in [9.17, 15) is 0 Å². The summed E-state index contributed by atoms with van der Waals surface area (Å²) in [5.74, 6) is 2.27. The summed E-state index contributed by atoms with van der Waals surface area (Å²) in [4.78, 5) is 14.5. The Morgan fingerprint density at radius 1 is 0.543 bits per heavy atom. The van der Waals surface area contributed by atoms with Crippen molar-refractivity contribution in [2.24, 2.45) is 0 Å². The Bertz CT molecular complexity index is 1450. The lowest BCUT2D eigenvalue weighted by Gasteiger charge is -2.24. The van der Waals surface area contributed by atoms with Crippen LogP contribution in [0.2, 0.25) is 0 Å². The Balaban J connectivity index is 1.40. The Labute approximate surface area is 209 Å². The van der Waals surface area contributed by atoms with Crippen LogP contribution in [0.4, 0.5) is 0 Å². The van der Waals surface area contributed by atoms with E-state index in [1.807, 2.05) is 66.7 Å². The molecule has 0 aliphatic heterocycles. The van der Waals surface area contributed by atoms with E-state index in [2.05, 4.69) is 48.5 Å². The largest absolute Gasteiger partial charge is 0.208 e. The maximum absolute atomic E-state index is 6.47. The van der Waals surface area contributed by atoms with Crippen LogP contribution < -0.4 is 0 Å². The number of fused-ring (bicyclic) bond motifs is 1. The van der Waals surface area contributed by atoms with Crippen LogP contribution in [0.1, 0.15) is 29.0 Å². The summed E-state index contributed by atoms with van der Waals surface area (Å²) in [6, 6.07) is 37.0. The predicted molar refractivity (Wildman–Crippen MR) is 143 cm³/mol. The third kappa shape index (κ3) is 4.27. The minimum absolute atomic E-state index is 0.279. The van der Waals surface area contributed by atoms with Crippen molar-refractivity contribution in [3.05, 3.63) is 132 Å². The standard InChI is InChI=1S/C31H22ClN3/c32-28-20-19-25(26-13-7-8-14-27(26)28)21-15-17-24(18-16-21)31-34-29(22-9-3-1-4-10-22)33-30(35-31)23-11-5-2-6-12-23/h1-18,20,25H,19H2. The Morgan fingerprint density at radius 2 is 1.03 bits per heavy atom. The Kier molecular flexibility index (Phi) is 5.69. The normalized spacial score (nSPS) is 14.8. The molecule has 0 fully saturated rings. The molecule has 1 heterocycles. The van der Waals surface area contributed by atoms with Crippen LogP contribution >= 0.6 is 11.6 Å². The van der Waals surface area contributed by atoms with Gasteiger partial charge in [-0.1, -0.05) is 127 Å². The Hall–Kier alpha value is -4.08. The van der Waals surface area contributed by atoms with Gasteiger partial charge in [0, 0.05) is 27.6 Å². The topological polar surface area (TPSA) is 38.7 Å². The van der Waals surface area contributed by atoms with Crippen molar-refractivity contribution >= 4 is 16.6 Å². The van der Waals surface area contributed by atoms with Gasteiger partial charge < -0.3 is 0 Å². The van der Waals surface area contributed by atoms with Crippen LogP contribution in [0, 0.1) is 0 Å². The van der Waals surface area contributed by atoms with Crippen molar-refractivity contribution < 1.29 is 0 Å². The zero-order chi connectivity index (χ0) is 23.6. The van der Waals surface area contributed by atoms with Crippen LogP contribution in [0.5, 0.6) is 0 Å². The van der Waals surface area contributed by atoms with Gasteiger partial charge in [0.05, 0.1) is 0 Å². The summed E-state index contributed by atoms with van der Waals surface area (Å²) in [5.41, 5.74) is 6.53. The molecule has 1 atom stereocenters.